The maximum Gasteiger partial charge on any atom is 0.0724 e. The Hall–Kier alpha value is -0.380. The maximum atomic E-state index is 5.55. The fourth-order valence-corrected chi connectivity index (χ4v) is 4.12. The second-order valence-corrected chi connectivity index (χ2v) is 6.72. The van der Waals surface area contributed by atoms with Crippen LogP contribution in [-0.4, -0.2) is 25.3 Å². The number of nitrogens with one attached hydrogen (secondary N) is 1. The van der Waals surface area contributed by atoms with Gasteiger partial charge in [0.2, 0.25) is 0 Å². The fraction of sp³-hybridized carbons (Fsp3) is 0.625. The summed E-state index contributed by atoms with van der Waals surface area (Å²) >= 11 is 3.66. The number of halogens is 1. The fourth-order valence-electron chi connectivity index (χ4n) is 3.52. The second-order valence-electron chi connectivity index (χ2n) is 5.86. The lowest BCUT2D eigenvalue weighted by Crippen LogP contribution is -2.48. The first kappa shape index (κ1) is 13.6. The van der Waals surface area contributed by atoms with Crippen molar-refractivity contribution in [2.24, 2.45) is 0 Å². The monoisotopic (exact) mass is 323 g/mol. The number of methoxy groups -OCH3 is 1. The van der Waals surface area contributed by atoms with Crippen LogP contribution in [0.5, 0.6) is 0 Å². The van der Waals surface area contributed by atoms with Gasteiger partial charge in [-0.3, -0.25) is 0 Å². The molecule has 0 spiro atoms. The molecule has 2 nitrogen and oxygen atoms in total. The lowest BCUT2D eigenvalue weighted by Gasteiger charge is -2.39. The standard InChI is InChI=1S/C16H22BrNO/c1-19-16-8-4-7-15(16)18-12-9-11(10-12)13-5-2-3-6-14(13)17/h2-3,5-6,11-12,15-16,18H,4,7-10H2,1H3. The molecule has 3 rings (SSSR count). The topological polar surface area (TPSA) is 21.3 Å². The van der Waals surface area contributed by atoms with Crippen molar-refractivity contribution in [1.82, 2.24) is 5.32 Å². The van der Waals surface area contributed by atoms with E-state index in [1.165, 1.54) is 42.1 Å². The van der Waals surface area contributed by atoms with Crippen LogP contribution >= 0.6 is 15.9 Å². The summed E-state index contributed by atoms with van der Waals surface area (Å²) < 4.78 is 6.81. The maximum absolute atomic E-state index is 5.55. The van der Waals surface area contributed by atoms with Crippen molar-refractivity contribution in [1.29, 1.82) is 0 Å². The summed E-state index contributed by atoms with van der Waals surface area (Å²) in [6.07, 6.45) is 6.74. The van der Waals surface area contributed by atoms with E-state index in [0.29, 0.717) is 18.2 Å². The highest BCUT2D eigenvalue weighted by Crippen LogP contribution is 2.40. The molecule has 0 heterocycles. The van der Waals surface area contributed by atoms with Crippen molar-refractivity contribution >= 4 is 15.9 Å². The van der Waals surface area contributed by atoms with Gasteiger partial charge in [-0.05, 0) is 49.7 Å². The second kappa shape index (κ2) is 5.94. The summed E-state index contributed by atoms with van der Waals surface area (Å²) in [7, 11) is 1.84. The molecule has 0 bridgehead atoms. The van der Waals surface area contributed by atoms with Gasteiger partial charge in [-0.15, -0.1) is 0 Å². The lowest BCUT2D eigenvalue weighted by atomic mass is 9.75. The van der Waals surface area contributed by atoms with Crippen LogP contribution < -0.4 is 5.32 Å². The Morgan fingerprint density at radius 3 is 2.74 bits per heavy atom. The third-order valence-corrected chi connectivity index (χ3v) is 5.41. The molecule has 2 aliphatic carbocycles. The number of rotatable bonds is 4. The van der Waals surface area contributed by atoms with Gasteiger partial charge in [0.25, 0.3) is 0 Å². The molecule has 0 amide bonds. The summed E-state index contributed by atoms with van der Waals surface area (Å²) in [6, 6.07) is 9.88. The van der Waals surface area contributed by atoms with Gasteiger partial charge < -0.3 is 10.1 Å². The van der Waals surface area contributed by atoms with Gasteiger partial charge in [0.15, 0.2) is 0 Å². The van der Waals surface area contributed by atoms with Crippen molar-refractivity contribution in [2.45, 2.75) is 56.2 Å². The minimum atomic E-state index is 0.433. The van der Waals surface area contributed by atoms with Crippen molar-refractivity contribution in [3.63, 3.8) is 0 Å². The van der Waals surface area contributed by atoms with E-state index < -0.39 is 0 Å². The molecule has 2 unspecified atom stereocenters. The summed E-state index contributed by atoms with van der Waals surface area (Å²) in [4.78, 5) is 0. The van der Waals surface area contributed by atoms with E-state index in [0.717, 1.165) is 5.92 Å². The molecule has 1 N–H and O–H groups in total. The van der Waals surface area contributed by atoms with E-state index in [2.05, 4.69) is 45.5 Å². The molecular weight excluding hydrogens is 302 g/mol. The average molecular weight is 324 g/mol. The Morgan fingerprint density at radius 2 is 2.00 bits per heavy atom. The zero-order chi connectivity index (χ0) is 13.2. The number of benzene rings is 1. The summed E-state index contributed by atoms with van der Waals surface area (Å²) in [5.41, 5.74) is 1.47. The normalized spacial score (nSPS) is 34.2. The van der Waals surface area contributed by atoms with E-state index in [4.69, 9.17) is 4.74 Å². The Balaban J connectivity index is 1.52. The van der Waals surface area contributed by atoms with Crippen LogP contribution in [0.1, 0.15) is 43.6 Å². The summed E-state index contributed by atoms with van der Waals surface area (Å²) in [6.45, 7) is 0. The Bertz CT molecular complexity index is 431. The highest BCUT2D eigenvalue weighted by molar-refractivity contribution is 9.10. The zero-order valence-corrected chi connectivity index (χ0v) is 13.0. The average Bonchev–Trinajstić information content (AvgIpc) is 2.82. The zero-order valence-electron chi connectivity index (χ0n) is 11.4. The summed E-state index contributed by atoms with van der Waals surface area (Å²) in [5.74, 6) is 0.718. The van der Waals surface area contributed by atoms with Crippen molar-refractivity contribution < 1.29 is 4.74 Å². The van der Waals surface area contributed by atoms with Crippen molar-refractivity contribution in [3.05, 3.63) is 34.3 Å². The first-order valence-electron chi connectivity index (χ1n) is 7.31. The van der Waals surface area contributed by atoms with E-state index in [-0.39, 0.29) is 0 Å². The molecular formula is C16H22BrNO. The smallest absolute Gasteiger partial charge is 0.0724 e. The Morgan fingerprint density at radius 1 is 1.21 bits per heavy atom. The van der Waals surface area contributed by atoms with Gasteiger partial charge in [-0.1, -0.05) is 34.1 Å². The molecule has 2 aliphatic rings. The van der Waals surface area contributed by atoms with Gasteiger partial charge in [-0.25, -0.2) is 0 Å². The van der Waals surface area contributed by atoms with E-state index in [9.17, 15) is 0 Å². The Kier molecular flexibility index (Phi) is 4.25. The van der Waals surface area contributed by atoms with Crippen LogP contribution in [0.4, 0.5) is 0 Å². The molecule has 2 saturated carbocycles. The molecule has 0 saturated heterocycles. The van der Waals surface area contributed by atoms with Gasteiger partial charge in [0.1, 0.15) is 0 Å². The molecule has 19 heavy (non-hydrogen) atoms. The van der Waals surface area contributed by atoms with E-state index in [1.54, 1.807) is 0 Å². The third-order valence-electron chi connectivity index (χ3n) is 4.69. The van der Waals surface area contributed by atoms with Gasteiger partial charge in [0, 0.05) is 23.7 Å². The molecule has 1 aromatic carbocycles. The lowest BCUT2D eigenvalue weighted by molar-refractivity contribution is 0.0747. The van der Waals surface area contributed by atoms with Gasteiger partial charge in [0.05, 0.1) is 6.10 Å². The van der Waals surface area contributed by atoms with Crippen molar-refractivity contribution in [2.75, 3.05) is 7.11 Å². The highest BCUT2D eigenvalue weighted by Gasteiger charge is 2.35. The summed E-state index contributed by atoms with van der Waals surface area (Å²) in [5, 5.41) is 3.80. The first-order chi connectivity index (χ1) is 9.28. The van der Waals surface area contributed by atoms with Crippen molar-refractivity contribution in [3.8, 4) is 0 Å². The van der Waals surface area contributed by atoms with Gasteiger partial charge in [-0.2, -0.15) is 0 Å². The van der Waals surface area contributed by atoms with E-state index in [1.807, 2.05) is 7.11 Å². The molecule has 3 heteroatoms. The predicted octanol–water partition coefficient (Wildman–Crippen LogP) is 3.85. The van der Waals surface area contributed by atoms with Crippen LogP contribution in [0, 0.1) is 0 Å². The minimum Gasteiger partial charge on any atom is -0.380 e. The van der Waals surface area contributed by atoms with Crippen LogP contribution in [-0.2, 0) is 4.74 Å². The molecule has 1 aromatic rings. The number of ether oxygens (including phenoxy) is 1. The largest absolute Gasteiger partial charge is 0.380 e. The Labute approximate surface area is 124 Å². The third kappa shape index (κ3) is 2.88. The van der Waals surface area contributed by atoms with Gasteiger partial charge >= 0.3 is 0 Å². The minimum absolute atomic E-state index is 0.433. The molecule has 2 fully saturated rings. The molecule has 0 radical (unpaired) electrons. The van der Waals surface area contributed by atoms with E-state index >= 15 is 0 Å². The molecule has 104 valence electrons. The first-order valence-corrected chi connectivity index (χ1v) is 8.10. The van der Waals surface area contributed by atoms with Crippen LogP contribution in [0.25, 0.3) is 0 Å². The predicted molar refractivity (Wildman–Crippen MR) is 81.5 cm³/mol. The van der Waals surface area contributed by atoms with Crippen LogP contribution in [0.3, 0.4) is 0 Å². The number of hydrogen-bond acceptors (Lipinski definition) is 2. The van der Waals surface area contributed by atoms with Crippen LogP contribution in [0.15, 0.2) is 28.7 Å². The molecule has 2 atom stereocenters. The highest BCUT2D eigenvalue weighted by atomic mass is 79.9. The molecule has 0 aromatic heterocycles. The van der Waals surface area contributed by atoms with Crippen LogP contribution in [0.2, 0.25) is 0 Å². The SMILES string of the molecule is COC1CCCC1NC1CC(c2ccccc2Br)C1. The quantitative estimate of drug-likeness (QED) is 0.908. The number of hydrogen-bond donors (Lipinski definition) is 1. The molecule has 0 aliphatic heterocycles.